The number of carbonyl (C=O) groups is 1. The topological polar surface area (TPSA) is 79.7 Å². The lowest BCUT2D eigenvalue weighted by atomic mass is 10.2. The Labute approximate surface area is 74.6 Å². The molecule has 1 aromatic rings. The molecule has 0 bridgehead atoms. The first-order valence-corrected chi connectivity index (χ1v) is 3.56. The number of hydrogen-bond donors (Lipinski definition) is 2. The van der Waals surface area contributed by atoms with Crippen LogP contribution in [0.3, 0.4) is 0 Å². The molecule has 0 unspecified atom stereocenters. The molecule has 0 radical (unpaired) electrons. The van der Waals surface area contributed by atoms with Crippen LogP contribution in [0.5, 0.6) is 5.75 Å². The van der Waals surface area contributed by atoms with E-state index in [0.29, 0.717) is 5.56 Å². The van der Waals surface area contributed by atoms with E-state index in [9.17, 15) is 4.79 Å². The standard InChI is InChI=1S/C8H9NO4/c1-13-6-2-5(4-10)3-9-7(6)8(11)12/h2-3,10H,4H2,1H3,(H,11,12). The number of methoxy groups -OCH3 is 1. The molecule has 0 amide bonds. The number of carboxylic acid groups (broad SMARTS) is 1. The summed E-state index contributed by atoms with van der Waals surface area (Å²) >= 11 is 0. The van der Waals surface area contributed by atoms with Crippen molar-refractivity contribution in [1.82, 2.24) is 4.98 Å². The van der Waals surface area contributed by atoms with Crippen LogP contribution >= 0.6 is 0 Å². The van der Waals surface area contributed by atoms with Gasteiger partial charge in [-0.2, -0.15) is 0 Å². The van der Waals surface area contributed by atoms with Crippen molar-refractivity contribution >= 4 is 5.97 Å². The quantitative estimate of drug-likeness (QED) is 0.703. The van der Waals surface area contributed by atoms with Crippen molar-refractivity contribution < 1.29 is 19.7 Å². The van der Waals surface area contributed by atoms with E-state index in [0.717, 1.165) is 0 Å². The van der Waals surface area contributed by atoms with Crippen LogP contribution in [0.1, 0.15) is 16.1 Å². The molecule has 5 nitrogen and oxygen atoms in total. The van der Waals surface area contributed by atoms with E-state index in [4.69, 9.17) is 14.9 Å². The van der Waals surface area contributed by atoms with Crippen molar-refractivity contribution in [2.24, 2.45) is 0 Å². The third-order valence-corrected chi connectivity index (χ3v) is 1.51. The zero-order valence-electron chi connectivity index (χ0n) is 7.02. The highest BCUT2D eigenvalue weighted by Gasteiger charge is 2.12. The molecule has 0 spiro atoms. The second kappa shape index (κ2) is 3.86. The number of aromatic nitrogens is 1. The van der Waals surface area contributed by atoms with E-state index in [1.54, 1.807) is 0 Å². The average molecular weight is 183 g/mol. The summed E-state index contributed by atoms with van der Waals surface area (Å²) in [5, 5.41) is 17.4. The van der Waals surface area contributed by atoms with Crippen molar-refractivity contribution in [1.29, 1.82) is 0 Å². The zero-order chi connectivity index (χ0) is 9.84. The number of aromatic carboxylic acids is 1. The normalized spacial score (nSPS) is 9.69. The fourth-order valence-electron chi connectivity index (χ4n) is 0.888. The van der Waals surface area contributed by atoms with Gasteiger partial charge in [-0.05, 0) is 11.6 Å². The van der Waals surface area contributed by atoms with E-state index in [-0.39, 0.29) is 18.1 Å². The summed E-state index contributed by atoms with van der Waals surface area (Å²) in [5.41, 5.74) is 0.363. The smallest absolute Gasteiger partial charge is 0.358 e. The number of hydrogen-bond acceptors (Lipinski definition) is 4. The maximum Gasteiger partial charge on any atom is 0.358 e. The Kier molecular flexibility index (Phi) is 2.81. The minimum absolute atomic E-state index is 0.152. The fourth-order valence-corrected chi connectivity index (χ4v) is 0.888. The number of ether oxygens (including phenoxy) is 1. The highest BCUT2D eigenvalue weighted by Crippen LogP contribution is 2.17. The molecule has 0 fully saturated rings. The first-order chi connectivity index (χ1) is 6.19. The first-order valence-electron chi connectivity index (χ1n) is 3.56. The Morgan fingerprint density at radius 2 is 2.38 bits per heavy atom. The van der Waals surface area contributed by atoms with Gasteiger partial charge in [-0.15, -0.1) is 0 Å². The molecular weight excluding hydrogens is 174 g/mol. The predicted molar refractivity (Wildman–Crippen MR) is 43.7 cm³/mol. The maximum atomic E-state index is 10.6. The number of aliphatic hydroxyl groups is 1. The van der Waals surface area contributed by atoms with Crippen LogP contribution < -0.4 is 4.74 Å². The summed E-state index contributed by atoms with van der Waals surface area (Å²) in [7, 11) is 1.35. The lowest BCUT2D eigenvalue weighted by Gasteiger charge is -2.04. The van der Waals surface area contributed by atoms with E-state index in [1.807, 2.05) is 0 Å². The van der Waals surface area contributed by atoms with Crippen LogP contribution in [0, 0.1) is 0 Å². The summed E-state index contributed by atoms with van der Waals surface area (Å²) in [6.45, 7) is -0.191. The summed E-state index contributed by atoms with van der Waals surface area (Å²) in [6.07, 6.45) is 1.30. The maximum absolute atomic E-state index is 10.6. The molecule has 1 rings (SSSR count). The minimum Gasteiger partial charge on any atom is -0.494 e. The second-order valence-electron chi connectivity index (χ2n) is 2.36. The third-order valence-electron chi connectivity index (χ3n) is 1.51. The molecule has 13 heavy (non-hydrogen) atoms. The van der Waals surface area contributed by atoms with Crippen molar-refractivity contribution in [2.45, 2.75) is 6.61 Å². The van der Waals surface area contributed by atoms with Gasteiger partial charge in [0.05, 0.1) is 13.7 Å². The van der Waals surface area contributed by atoms with Crippen LogP contribution in [0.4, 0.5) is 0 Å². The van der Waals surface area contributed by atoms with Crippen LogP contribution in [0.2, 0.25) is 0 Å². The molecular formula is C8H9NO4. The lowest BCUT2D eigenvalue weighted by Crippen LogP contribution is -2.04. The SMILES string of the molecule is COc1cc(CO)cnc1C(=O)O. The van der Waals surface area contributed by atoms with E-state index >= 15 is 0 Å². The monoisotopic (exact) mass is 183 g/mol. The number of aliphatic hydroxyl groups excluding tert-OH is 1. The number of nitrogens with zero attached hydrogens (tertiary/aromatic N) is 1. The predicted octanol–water partition coefficient (Wildman–Crippen LogP) is 0.281. The van der Waals surface area contributed by atoms with Crippen LogP contribution in [-0.4, -0.2) is 28.3 Å². The molecule has 0 atom stereocenters. The molecule has 2 N–H and O–H groups in total. The Hall–Kier alpha value is -1.62. The third kappa shape index (κ3) is 1.94. The molecule has 0 saturated heterocycles. The van der Waals surface area contributed by atoms with E-state index < -0.39 is 5.97 Å². The van der Waals surface area contributed by atoms with Gasteiger partial charge in [0.15, 0.2) is 11.4 Å². The van der Waals surface area contributed by atoms with Gasteiger partial charge in [0.2, 0.25) is 0 Å². The molecule has 0 aliphatic rings. The average Bonchev–Trinajstić information content (AvgIpc) is 2.16. The van der Waals surface area contributed by atoms with Crippen LogP contribution in [-0.2, 0) is 6.61 Å². The minimum atomic E-state index is -1.15. The molecule has 0 aliphatic carbocycles. The van der Waals surface area contributed by atoms with Crippen LogP contribution in [0.15, 0.2) is 12.3 Å². The van der Waals surface area contributed by atoms with Gasteiger partial charge in [0.25, 0.3) is 0 Å². The Morgan fingerprint density at radius 3 is 2.85 bits per heavy atom. The fraction of sp³-hybridized carbons (Fsp3) is 0.250. The van der Waals surface area contributed by atoms with Gasteiger partial charge >= 0.3 is 5.97 Å². The van der Waals surface area contributed by atoms with Crippen molar-refractivity contribution in [3.63, 3.8) is 0 Å². The van der Waals surface area contributed by atoms with Crippen LogP contribution in [0.25, 0.3) is 0 Å². The highest BCUT2D eigenvalue weighted by atomic mass is 16.5. The highest BCUT2D eigenvalue weighted by molar-refractivity contribution is 5.88. The lowest BCUT2D eigenvalue weighted by molar-refractivity contribution is 0.0686. The zero-order valence-corrected chi connectivity index (χ0v) is 7.02. The molecule has 0 saturated carbocycles. The summed E-state index contributed by atoms with van der Waals surface area (Å²) < 4.78 is 4.79. The van der Waals surface area contributed by atoms with Crippen molar-refractivity contribution in [3.05, 3.63) is 23.5 Å². The van der Waals surface area contributed by atoms with Crippen molar-refractivity contribution in [2.75, 3.05) is 7.11 Å². The number of rotatable bonds is 3. The molecule has 1 heterocycles. The van der Waals surface area contributed by atoms with Gasteiger partial charge < -0.3 is 14.9 Å². The molecule has 0 aliphatic heterocycles. The first kappa shape index (κ1) is 9.47. The molecule has 0 aromatic carbocycles. The summed E-state index contributed by atoms with van der Waals surface area (Å²) in [4.78, 5) is 14.2. The second-order valence-corrected chi connectivity index (χ2v) is 2.36. The van der Waals surface area contributed by atoms with E-state index in [1.165, 1.54) is 19.4 Å². The number of carboxylic acids is 1. The summed E-state index contributed by atoms with van der Waals surface area (Å²) in [6, 6.07) is 1.44. The largest absolute Gasteiger partial charge is 0.494 e. The molecule has 5 heteroatoms. The van der Waals surface area contributed by atoms with Gasteiger partial charge in [0, 0.05) is 6.20 Å². The van der Waals surface area contributed by atoms with Gasteiger partial charge in [-0.25, -0.2) is 9.78 Å². The Morgan fingerprint density at radius 1 is 1.69 bits per heavy atom. The van der Waals surface area contributed by atoms with Gasteiger partial charge in [-0.3, -0.25) is 0 Å². The van der Waals surface area contributed by atoms with Gasteiger partial charge in [-0.1, -0.05) is 0 Å². The van der Waals surface area contributed by atoms with E-state index in [2.05, 4.69) is 4.98 Å². The summed E-state index contributed by atoms with van der Waals surface area (Å²) in [5.74, 6) is -1.000. The molecule has 1 aromatic heterocycles. The Balaban J connectivity index is 3.15. The molecule has 70 valence electrons. The number of pyridine rings is 1. The van der Waals surface area contributed by atoms with Crippen molar-refractivity contribution in [3.8, 4) is 5.75 Å². The van der Waals surface area contributed by atoms with Gasteiger partial charge in [0.1, 0.15) is 0 Å². The Bertz CT molecular complexity index is 324.